The van der Waals surface area contributed by atoms with E-state index in [9.17, 15) is 9.90 Å². The number of unbranched alkanes of at least 4 members (excludes halogenated alkanes) is 24. The van der Waals surface area contributed by atoms with Gasteiger partial charge in [0, 0.05) is 13.0 Å². The predicted molar refractivity (Wildman–Crippen MR) is 205 cm³/mol. The van der Waals surface area contributed by atoms with Gasteiger partial charge >= 0.3 is 5.97 Å². The molecule has 1 unspecified atom stereocenters. The normalized spacial score (nSPS) is 12.7. The fraction of sp³-hybridized carbons (Fsp3) is 0.837. The fourth-order valence-electron chi connectivity index (χ4n) is 5.82. The van der Waals surface area contributed by atoms with Crippen LogP contribution in [0.25, 0.3) is 0 Å². The van der Waals surface area contributed by atoms with Crippen molar-refractivity contribution in [3.8, 4) is 0 Å². The third-order valence-corrected chi connectivity index (χ3v) is 8.94. The van der Waals surface area contributed by atoms with Crippen molar-refractivity contribution in [2.45, 2.75) is 213 Å². The lowest BCUT2D eigenvalue weighted by Crippen LogP contribution is -2.27. The molecular weight excluding hydrogens is 580 g/mol. The molecule has 4 nitrogen and oxygen atoms in total. The second-order valence-corrected chi connectivity index (χ2v) is 13.7. The molecule has 0 aromatic carbocycles. The van der Waals surface area contributed by atoms with Crippen LogP contribution in [-0.2, 0) is 14.3 Å². The molecule has 0 spiro atoms. The molecule has 0 aliphatic rings. The van der Waals surface area contributed by atoms with Crippen LogP contribution in [0.2, 0.25) is 0 Å². The van der Waals surface area contributed by atoms with E-state index >= 15 is 0 Å². The first-order valence-corrected chi connectivity index (χ1v) is 20.6. The average molecular weight is 661 g/mol. The average Bonchev–Trinajstić information content (AvgIpc) is 3.08. The molecule has 0 saturated heterocycles. The molecule has 0 fully saturated rings. The highest BCUT2D eigenvalue weighted by molar-refractivity contribution is 5.69. The van der Waals surface area contributed by atoms with Crippen molar-refractivity contribution in [3.05, 3.63) is 36.5 Å². The van der Waals surface area contributed by atoms with Gasteiger partial charge in [0.1, 0.15) is 6.10 Å². The van der Waals surface area contributed by atoms with Crippen LogP contribution in [0.1, 0.15) is 206 Å². The molecule has 0 aliphatic carbocycles. The van der Waals surface area contributed by atoms with Crippen molar-refractivity contribution in [2.75, 3.05) is 19.8 Å². The lowest BCUT2D eigenvalue weighted by atomic mass is 10.1. The summed E-state index contributed by atoms with van der Waals surface area (Å²) in [4.78, 5) is 12.2. The number of carbonyl (C=O) groups excluding carboxylic acids is 1. The maximum Gasteiger partial charge on any atom is 0.306 e. The Kier molecular flexibility index (Phi) is 39.6. The maximum absolute atomic E-state index is 12.2. The van der Waals surface area contributed by atoms with Crippen LogP contribution in [0.4, 0.5) is 0 Å². The largest absolute Gasteiger partial charge is 0.457 e. The number of aliphatic hydroxyl groups is 1. The van der Waals surface area contributed by atoms with Crippen LogP contribution in [0.3, 0.4) is 0 Å². The van der Waals surface area contributed by atoms with Gasteiger partial charge < -0.3 is 14.6 Å². The van der Waals surface area contributed by atoms with Crippen molar-refractivity contribution < 1.29 is 19.4 Å². The van der Waals surface area contributed by atoms with Crippen molar-refractivity contribution in [1.29, 1.82) is 0 Å². The van der Waals surface area contributed by atoms with Gasteiger partial charge in [-0.05, 0) is 70.6 Å². The number of hydrogen-bond donors (Lipinski definition) is 1. The molecule has 0 aromatic heterocycles. The first-order chi connectivity index (χ1) is 23.2. The van der Waals surface area contributed by atoms with Crippen LogP contribution < -0.4 is 0 Å². The highest BCUT2D eigenvalue weighted by Gasteiger charge is 2.13. The lowest BCUT2D eigenvalue weighted by Gasteiger charge is -2.16. The minimum absolute atomic E-state index is 0.175. The highest BCUT2D eigenvalue weighted by atomic mass is 16.6. The Morgan fingerprint density at radius 3 is 1.38 bits per heavy atom. The standard InChI is InChI=1S/C43H80O4/c1-3-5-7-9-11-13-15-17-19-21-23-25-27-29-31-33-35-37-39-46-41-42(40-44)47-43(45)38-36-34-32-30-28-26-24-22-20-18-16-14-12-10-8-6-4-2/h12,14,17-20,42,44H,3-11,13,15-16,21-41H2,1-2H3/b14-12-,19-17-,20-18-. The lowest BCUT2D eigenvalue weighted by molar-refractivity contribution is -0.154. The van der Waals surface area contributed by atoms with E-state index in [0.29, 0.717) is 19.6 Å². The molecule has 0 aromatic rings. The molecule has 0 amide bonds. The van der Waals surface area contributed by atoms with E-state index < -0.39 is 6.10 Å². The van der Waals surface area contributed by atoms with Gasteiger partial charge in [0.25, 0.3) is 0 Å². The van der Waals surface area contributed by atoms with Crippen molar-refractivity contribution in [1.82, 2.24) is 0 Å². The number of allylic oxidation sites excluding steroid dienone is 6. The summed E-state index contributed by atoms with van der Waals surface area (Å²) in [6.45, 7) is 5.32. The smallest absolute Gasteiger partial charge is 0.306 e. The Labute approximate surface area is 293 Å². The zero-order chi connectivity index (χ0) is 34.1. The van der Waals surface area contributed by atoms with Crippen molar-refractivity contribution in [2.24, 2.45) is 0 Å². The van der Waals surface area contributed by atoms with Crippen molar-refractivity contribution in [3.63, 3.8) is 0 Å². The molecule has 0 saturated carbocycles. The monoisotopic (exact) mass is 661 g/mol. The zero-order valence-electron chi connectivity index (χ0n) is 31.5. The molecule has 4 heteroatoms. The Balaban J connectivity index is 3.44. The first-order valence-electron chi connectivity index (χ1n) is 20.6. The van der Waals surface area contributed by atoms with E-state index in [0.717, 1.165) is 25.7 Å². The van der Waals surface area contributed by atoms with Crippen LogP contribution in [0.5, 0.6) is 0 Å². The van der Waals surface area contributed by atoms with Crippen LogP contribution in [0, 0.1) is 0 Å². The summed E-state index contributed by atoms with van der Waals surface area (Å²) in [7, 11) is 0. The molecule has 276 valence electrons. The molecule has 0 heterocycles. The van der Waals surface area contributed by atoms with Crippen LogP contribution in [-0.4, -0.2) is 37.0 Å². The number of esters is 1. The molecule has 1 N–H and O–H groups in total. The van der Waals surface area contributed by atoms with Crippen molar-refractivity contribution >= 4 is 5.97 Å². The van der Waals surface area contributed by atoms with Gasteiger partial charge in [-0.25, -0.2) is 0 Å². The van der Waals surface area contributed by atoms with Crippen LogP contribution in [0.15, 0.2) is 36.5 Å². The third kappa shape index (κ3) is 38.9. The maximum atomic E-state index is 12.2. The van der Waals surface area contributed by atoms with E-state index in [1.54, 1.807) is 0 Å². The van der Waals surface area contributed by atoms with E-state index in [-0.39, 0.29) is 12.6 Å². The second-order valence-electron chi connectivity index (χ2n) is 13.7. The van der Waals surface area contributed by atoms with E-state index in [2.05, 4.69) is 50.3 Å². The number of carbonyl (C=O) groups is 1. The van der Waals surface area contributed by atoms with Gasteiger partial charge in [-0.15, -0.1) is 0 Å². The number of ether oxygens (including phenoxy) is 2. The van der Waals surface area contributed by atoms with Gasteiger partial charge in [0.15, 0.2) is 0 Å². The quantitative estimate of drug-likeness (QED) is 0.0407. The minimum Gasteiger partial charge on any atom is -0.457 e. The number of rotatable bonds is 38. The molecule has 0 rings (SSSR count). The summed E-state index contributed by atoms with van der Waals surface area (Å²) in [5.41, 5.74) is 0. The predicted octanol–water partition coefficient (Wildman–Crippen LogP) is 13.3. The fourth-order valence-corrected chi connectivity index (χ4v) is 5.82. The molecule has 1 atom stereocenters. The Morgan fingerprint density at radius 2 is 0.894 bits per heavy atom. The van der Waals surface area contributed by atoms with Gasteiger partial charge in [-0.2, -0.15) is 0 Å². The summed E-state index contributed by atoms with van der Waals surface area (Å²) in [6.07, 6.45) is 50.5. The Morgan fingerprint density at radius 1 is 0.511 bits per heavy atom. The molecular formula is C43H80O4. The summed E-state index contributed by atoms with van der Waals surface area (Å²) in [5.74, 6) is -0.209. The summed E-state index contributed by atoms with van der Waals surface area (Å²) in [6, 6.07) is 0. The van der Waals surface area contributed by atoms with Gasteiger partial charge in [0.05, 0.1) is 13.2 Å². The van der Waals surface area contributed by atoms with E-state index in [4.69, 9.17) is 9.47 Å². The van der Waals surface area contributed by atoms with Gasteiger partial charge in [-0.3, -0.25) is 4.79 Å². The highest BCUT2D eigenvalue weighted by Crippen LogP contribution is 2.13. The third-order valence-electron chi connectivity index (χ3n) is 8.94. The van der Waals surface area contributed by atoms with Crippen LogP contribution >= 0.6 is 0 Å². The minimum atomic E-state index is -0.538. The SMILES string of the molecule is CCCCC/C=C\C/C=C\CCCCCCCCCC(=O)OC(CO)COCCCCCCCCCC/C=C\CCCCCCCC. The summed E-state index contributed by atoms with van der Waals surface area (Å²) in [5, 5.41) is 9.59. The second kappa shape index (κ2) is 40.8. The molecule has 0 aliphatic heterocycles. The first kappa shape index (κ1) is 45.6. The van der Waals surface area contributed by atoms with E-state index in [1.165, 1.54) is 161 Å². The molecule has 47 heavy (non-hydrogen) atoms. The summed E-state index contributed by atoms with van der Waals surface area (Å²) >= 11 is 0. The van der Waals surface area contributed by atoms with E-state index in [1.807, 2.05) is 0 Å². The van der Waals surface area contributed by atoms with Gasteiger partial charge in [0.2, 0.25) is 0 Å². The number of hydrogen-bond acceptors (Lipinski definition) is 4. The zero-order valence-corrected chi connectivity index (χ0v) is 31.5. The Bertz CT molecular complexity index is 698. The topological polar surface area (TPSA) is 55.8 Å². The van der Waals surface area contributed by atoms with Gasteiger partial charge in [-0.1, -0.05) is 166 Å². The summed E-state index contributed by atoms with van der Waals surface area (Å²) < 4.78 is 11.1. The number of aliphatic hydroxyl groups excluding tert-OH is 1. The Hall–Kier alpha value is -1.39. The molecule has 0 radical (unpaired) electrons. The molecule has 0 bridgehead atoms.